The smallest absolute Gasteiger partial charge is 0.276 e. The first-order valence-corrected chi connectivity index (χ1v) is 8.45. The fraction of sp³-hybridized carbons (Fsp3) is 0. The molecule has 0 fully saturated rings. The second kappa shape index (κ2) is 6.66. The highest BCUT2D eigenvalue weighted by Crippen LogP contribution is 2.23. The summed E-state index contributed by atoms with van der Waals surface area (Å²) in [5, 5.41) is 5.21. The van der Waals surface area contributed by atoms with Gasteiger partial charge in [-0.2, -0.15) is 0 Å². The number of thiazole rings is 1. The van der Waals surface area contributed by atoms with Gasteiger partial charge in [-0.25, -0.2) is 9.97 Å². The molecule has 0 radical (unpaired) electrons. The number of rotatable bonds is 4. The van der Waals surface area contributed by atoms with Crippen LogP contribution in [0.5, 0.6) is 0 Å². The number of pyridine rings is 1. The second-order valence-electron chi connectivity index (χ2n) is 5.19. The van der Waals surface area contributed by atoms with E-state index in [0.717, 1.165) is 17.1 Å². The van der Waals surface area contributed by atoms with Gasteiger partial charge in [0.25, 0.3) is 5.91 Å². The predicted octanol–water partition coefficient (Wildman–Crippen LogP) is 3.64. The molecule has 0 atom stereocenters. The molecule has 122 valence electrons. The topological polar surface area (TPSA) is 72.7 Å². The van der Waals surface area contributed by atoms with E-state index in [2.05, 4.69) is 20.3 Å². The van der Waals surface area contributed by atoms with Crippen LogP contribution in [0, 0.1) is 0 Å². The number of anilines is 1. The number of nitrogens with one attached hydrogen (secondary N) is 1. The zero-order chi connectivity index (χ0) is 17.1. The molecule has 0 bridgehead atoms. The van der Waals surface area contributed by atoms with Crippen molar-refractivity contribution in [3.05, 3.63) is 78.3 Å². The first-order chi connectivity index (χ1) is 12.3. The number of benzene rings is 1. The van der Waals surface area contributed by atoms with Crippen LogP contribution in [0.3, 0.4) is 0 Å². The number of amides is 1. The summed E-state index contributed by atoms with van der Waals surface area (Å²) in [6, 6.07) is 15.2. The van der Waals surface area contributed by atoms with Crippen LogP contribution in [0.2, 0.25) is 0 Å². The average Bonchev–Trinajstić information content (AvgIpc) is 3.33. The Morgan fingerprint density at radius 2 is 1.88 bits per heavy atom. The van der Waals surface area contributed by atoms with Gasteiger partial charge in [0.15, 0.2) is 5.13 Å². The Balaban J connectivity index is 1.56. The monoisotopic (exact) mass is 347 g/mol. The third-order valence-corrected chi connectivity index (χ3v) is 4.32. The zero-order valence-corrected chi connectivity index (χ0v) is 13.9. The highest BCUT2D eigenvalue weighted by Gasteiger charge is 2.15. The Morgan fingerprint density at radius 1 is 1.04 bits per heavy atom. The molecule has 0 aliphatic heterocycles. The number of para-hydroxylation sites is 1. The minimum Gasteiger partial charge on any atom is -0.296 e. The van der Waals surface area contributed by atoms with Crippen LogP contribution in [0.1, 0.15) is 10.5 Å². The van der Waals surface area contributed by atoms with Crippen molar-refractivity contribution in [3.63, 3.8) is 0 Å². The molecule has 1 N–H and O–H groups in total. The lowest BCUT2D eigenvalue weighted by Gasteiger charge is -2.07. The largest absolute Gasteiger partial charge is 0.296 e. The Hall–Kier alpha value is -3.32. The SMILES string of the molecule is O=C(Nc1nc(-c2ccccn2)cs1)c1cncn1-c1ccccc1. The van der Waals surface area contributed by atoms with Gasteiger partial charge in [0.1, 0.15) is 11.4 Å². The normalized spacial score (nSPS) is 10.6. The van der Waals surface area contributed by atoms with Crippen molar-refractivity contribution in [2.75, 3.05) is 5.32 Å². The molecule has 0 aliphatic carbocycles. The van der Waals surface area contributed by atoms with Gasteiger partial charge in [0, 0.05) is 17.3 Å². The average molecular weight is 347 g/mol. The van der Waals surface area contributed by atoms with Crippen molar-refractivity contribution in [1.29, 1.82) is 0 Å². The second-order valence-corrected chi connectivity index (χ2v) is 6.05. The molecular weight excluding hydrogens is 334 g/mol. The maximum Gasteiger partial charge on any atom is 0.276 e. The predicted molar refractivity (Wildman–Crippen MR) is 96.9 cm³/mol. The third-order valence-electron chi connectivity index (χ3n) is 3.56. The maximum absolute atomic E-state index is 12.6. The van der Waals surface area contributed by atoms with E-state index in [1.54, 1.807) is 17.1 Å². The van der Waals surface area contributed by atoms with Crippen LogP contribution in [-0.2, 0) is 0 Å². The Morgan fingerprint density at radius 3 is 2.68 bits per heavy atom. The van der Waals surface area contributed by atoms with Gasteiger partial charge in [0.05, 0.1) is 18.2 Å². The van der Waals surface area contributed by atoms with Crippen LogP contribution in [-0.4, -0.2) is 25.4 Å². The number of hydrogen-bond acceptors (Lipinski definition) is 5. The van der Waals surface area contributed by atoms with Crippen LogP contribution < -0.4 is 5.32 Å². The summed E-state index contributed by atoms with van der Waals surface area (Å²) in [5.74, 6) is -0.261. The lowest BCUT2D eigenvalue weighted by Crippen LogP contribution is -2.15. The van der Waals surface area contributed by atoms with Crippen LogP contribution in [0.4, 0.5) is 5.13 Å². The van der Waals surface area contributed by atoms with Gasteiger partial charge in [-0.3, -0.25) is 19.7 Å². The molecule has 6 nitrogen and oxygen atoms in total. The molecule has 1 aromatic carbocycles. The zero-order valence-electron chi connectivity index (χ0n) is 13.0. The van der Waals surface area contributed by atoms with E-state index in [0.29, 0.717) is 10.8 Å². The van der Waals surface area contributed by atoms with Gasteiger partial charge in [-0.15, -0.1) is 11.3 Å². The van der Waals surface area contributed by atoms with Crippen molar-refractivity contribution >= 4 is 22.4 Å². The molecule has 0 spiro atoms. The molecule has 4 aromatic rings. The van der Waals surface area contributed by atoms with Gasteiger partial charge in [-0.05, 0) is 24.3 Å². The summed E-state index contributed by atoms with van der Waals surface area (Å²) in [7, 11) is 0. The number of hydrogen-bond donors (Lipinski definition) is 1. The third kappa shape index (κ3) is 3.17. The van der Waals surface area contributed by atoms with E-state index in [-0.39, 0.29) is 5.91 Å². The van der Waals surface area contributed by atoms with Crippen LogP contribution in [0.15, 0.2) is 72.6 Å². The van der Waals surface area contributed by atoms with Crippen molar-refractivity contribution in [3.8, 4) is 17.1 Å². The van der Waals surface area contributed by atoms with Crippen LogP contribution >= 0.6 is 11.3 Å². The lowest BCUT2D eigenvalue weighted by molar-refractivity contribution is 0.102. The molecule has 4 rings (SSSR count). The number of aromatic nitrogens is 4. The standard InChI is InChI=1S/C18H13N5OS/c24-17(16-10-19-12-23(16)13-6-2-1-3-7-13)22-18-21-15(11-25-18)14-8-4-5-9-20-14/h1-12H,(H,21,22,24). The highest BCUT2D eigenvalue weighted by molar-refractivity contribution is 7.14. The summed E-state index contributed by atoms with van der Waals surface area (Å²) in [6.07, 6.45) is 4.87. The summed E-state index contributed by atoms with van der Waals surface area (Å²) >= 11 is 1.36. The molecule has 0 aliphatic rings. The van der Waals surface area contributed by atoms with Gasteiger partial charge in [0.2, 0.25) is 0 Å². The fourth-order valence-corrected chi connectivity index (χ4v) is 3.08. The van der Waals surface area contributed by atoms with Gasteiger partial charge < -0.3 is 0 Å². The first-order valence-electron chi connectivity index (χ1n) is 7.57. The van der Waals surface area contributed by atoms with E-state index in [1.807, 2.05) is 53.9 Å². The van der Waals surface area contributed by atoms with Gasteiger partial charge >= 0.3 is 0 Å². The highest BCUT2D eigenvalue weighted by atomic mass is 32.1. The quantitative estimate of drug-likeness (QED) is 0.612. The molecule has 0 unspecified atom stereocenters. The molecule has 7 heteroatoms. The van der Waals surface area contributed by atoms with E-state index >= 15 is 0 Å². The Kier molecular flexibility index (Phi) is 4.05. The van der Waals surface area contributed by atoms with E-state index in [4.69, 9.17) is 0 Å². The fourth-order valence-electron chi connectivity index (χ4n) is 2.38. The molecule has 0 saturated carbocycles. The lowest BCUT2D eigenvalue weighted by atomic mass is 10.3. The number of imidazole rings is 1. The van der Waals surface area contributed by atoms with Crippen molar-refractivity contribution in [1.82, 2.24) is 19.5 Å². The minimum atomic E-state index is -0.261. The summed E-state index contributed by atoms with van der Waals surface area (Å²) in [4.78, 5) is 25.4. The molecular formula is C18H13N5OS. The van der Waals surface area contributed by atoms with Crippen LogP contribution in [0.25, 0.3) is 17.1 Å². The summed E-state index contributed by atoms with van der Waals surface area (Å²) in [6.45, 7) is 0. The first kappa shape index (κ1) is 15.2. The number of carbonyl (C=O) groups excluding carboxylic acids is 1. The van der Waals surface area contributed by atoms with Crippen molar-refractivity contribution in [2.45, 2.75) is 0 Å². The Bertz CT molecular complexity index is 995. The van der Waals surface area contributed by atoms with E-state index < -0.39 is 0 Å². The van der Waals surface area contributed by atoms with E-state index in [1.165, 1.54) is 17.5 Å². The molecule has 25 heavy (non-hydrogen) atoms. The molecule has 0 saturated heterocycles. The van der Waals surface area contributed by atoms with Gasteiger partial charge in [-0.1, -0.05) is 24.3 Å². The number of carbonyl (C=O) groups is 1. The maximum atomic E-state index is 12.6. The molecule has 3 aromatic heterocycles. The van der Waals surface area contributed by atoms with Crippen molar-refractivity contribution < 1.29 is 4.79 Å². The van der Waals surface area contributed by atoms with Crippen molar-refractivity contribution in [2.24, 2.45) is 0 Å². The minimum absolute atomic E-state index is 0.261. The summed E-state index contributed by atoms with van der Waals surface area (Å²) < 4.78 is 1.74. The molecule has 1 amide bonds. The molecule has 3 heterocycles. The summed E-state index contributed by atoms with van der Waals surface area (Å²) in [5.41, 5.74) is 2.82. The van der Waals surface area contributed by atoms with E-state index in [9.17, 15) is 4.79 Å². The Labute approximate surface area is 147 Å². The number of nitrogens with zero attached hydrogens (tertiary/aromatic N) is 4.